The number of Topliss-reactive ketones (excluding diaryl/α,β-unsaturated/α-hetero) is 1. The lowest BCUT2D eigenvalue weighted by Gasteiger charge is -2.35. The maximum absolute atomic E-state index is 13.9. The molecule has 0 bridgehead atoms. The van der Waals surface area contributed by atoms with Crippen LogP contribution in [0.2, 0.25) is 0 Å². The molecule has 5 nitrogen and oxygen atoms in total. The van der Waals surface area contributed by atoms with Gasteiger partial charge in [0.25, 0.3) is 0 Å². The number of carbonyl (C=O) groups is 2. The van der Waals surface area contributed by atoms with Gasteiger partial charge in [0.2, 0.25) is 5.91 Å². The average Bonchev–Trinajstić information content (AvgIpc) is 3.13. The first-order valence-electron chi connectivity index (χ1n) is 10.1. The molecule has 29 heavy (non-hydrogen) atoms. The maximum atomic E-state index is 13.9. The molecule has 0 saturated carbocycles. The van der Waals surface area contributed by atoms with E-state index >= 15 is 0 Å². The molecule has 4 rings (SSSR count). The number of amides is 1. The summed E-state index contributed by atoms with van der Waals surface area (Å²) in [5.41, 5.74) is 3.36. The van der Waals surface area contributed by atoms with E-state index in [0.717, 1.165) is 37.2 Å². The van der Waals surface area contributed by atoms with Gasteiger partial charge in [0.15, 0.2) is 5.78 Å². The smallest absolute Gasteiger partial charge is 0.223 e. The van der Waals surface area contributed by atoms with Crippen molar-refractivity contribution in [2.24, 2.45) is 0 Å². The lowest BCUT2D eigenvalue weighted by atomic mass is 10.0. The lowest BCUT2D eigenvalue weighted by Crippen LogP contribution is -2.46. The number of ketones is 1. The minimum Gasteiger partial charge on any atom is -0.312 e. The highest BCUT2D eigenvalue weighted by Gasteiger charge is 2.25. The van der Waals surface area contributed by atoms with Crippen LogP contribution in [0.25, 0.3) is 0 Å². The Balaban J connectivity index is 1.38. The van der Waals surface area contributed by atoms with E-state index in [2.05, 4.69) is 9.80 Å². The third-order valence-corrected chi connectivity index (χ3v) is 5.74. The second-order valence-electron chi connectivity index (χ2n) is 7.88. The molecule has 0 radical (unpaired) electrons. The SMILES string of the molecule is CC(=O)N1CCc2cc(C(=O)CN3CCCN(Cc4ccccc4F)C3)ccc21. The topological polar surface area (TPSA) is 43.9 Å². The zero-order valence-electron chi connectivity index (χ0n) is 16.7. The highest BCUT2D eigenvalue weighted by molar-refractivity contribution is 6.00. The first-order chi connectivity index (χ1) is 14.0. The van der Waals surface area contributed by atoms with Crippen molar-refractivity contribution >= 4 is 17.4 Å². The number of halogens is 1. The van der Waals surface area contributed by atoms with Crippen molar-refractivity contribution in [3.8, 4) is 0 Å². The fourth-order valence-electron chi connectivity index (χ4n) is 4.26. The average molecular weight is 395 g/mol. The molecule has 1 amide bonds. The molecule has 0 atom stereocenters. The van der Waals surface area contributed by atoms with Crippen molar-refractivity contribution in [2.45, 2.75) is 26.3 Å². The van der Waals surface area contributed by atoms with Crippen molar-refractivity contribution < 1.29 is 14.0 Å². The van der Waals surface area contributed by atoms with E-state index in [1.165, 1.54) is 6.07 Å². The molecule has 0 aromatic heterocycles. The molecule has 1 fully saturated rings. The first kappa shape index (κ1) is 19.7. The molecule has 2 aliphatic rings. The van der Waals surface area contributed by atoms with Crippen LogP contribution in [-0.4, -0.2) is 54.3 Å². The lowest BCUT2D eigenvalue weighted by molar-refractivity contribution is -0.116. The van der Waals surface area contributed by atoms with E-state index in [4.69, 9.17) is 0 Å². The second-order valence-corrected chi connectivity index (χ2v) is 7.88. The van der Waals surface area contributed by atoms with E-state index in [9.17, 15) is 14.0 Å². The molecule has 0 aliphatic carbocycles. The number of hydrogen-bond acceptors (Lipinski definition) is 4. The molecule has 2 aliphatic heterocycles. The molecule has 2 heterocycles. The van der Waals surface area contributed by atoms with E-state index in [-0.39, 0.29) is 17.5 Å². The monoisotopic (exact) mass is 395 g/mol. The van der Waals surface area contributed by atoms with Gasteiger partial charge in [0.05, 0.1) is 13.2 Å². The van der Waals surface area contributed by atoms with Crippen molar-refractivity contribution in [1.29, 1.82) is 0 Å². The van der Waals surface area contributed by atoms with Gasteiger partial charge in [0.1, 0.15) is 5.82 Å². The van der Waals surface area contributed by atoms with Gasteiger partial charge in [-0.05, 0) is 42.7 Å². The van der Waals surface area contributed by atoms with Crippen LogP contribution >= 0.6 is 0 Å². The molecule has 0 spiro atoms. The van der Waals surface area contributed by atoms with Crippen LogP contribution in [0.1, 0.15) is 34.8 Å². The Bertz CT molecular complexity index is 930. The molecule has 2 aromatic carbocycles. The van der Waals surface area contributed by atoms with Gasteiger partial charge in [0, 0.05) is 49.9 Å². The Labute approximate surface area is 170 Å². The van der Waals surface area contributed by atoms with Gasteiger partial charge < -0.3 is 4.90 Å². The standard InChI is InChI=1S/C23H26FN3O2/c1-17(28)27-12-9-18-13-19(7-8-22(18)27)23(29)15-26-11-4-10-25(16-26)14-20-5-2-3-6-21(20)24/h2-3,5-8,13H,4,9-12,14-16H2,1H3. The Morgan fingerprint density at radius 1 is 1.03 bits per heavy atom. The van der Waals surface area contributed by atoms with Crippen LogP contribution in [0, 0.1) is 5.82 Å². The molecule has 0 unspecified atom stereocenters. The number of anilines is 1. The summed E-state index contributed by atoms with van der Waals surface area (Å²) in [5, 5.41) is 0. The Hall–Kier alpha value is -2.57. The summed E-state index contributed by atoms with van der Waals surface area (Å²) in [6.45, 7) is 5.57. The number of nitrogens with zero attached hydrogens (tertiary/aromatic N) is 3. The van der Waals surface area contributed by atoms with Crippen molar-refractivity contribution in [2.75, 3.05) is 37.7 Å². The van der Waals surface area contributed by atoms with Crippen LogP contribution in [0.15, 0.2) is 42.5 Å². The summed E-state index contributed by atoms with van der Waals surface area (Å²) >= 11 is 0. The Morgan fingerprint density at radius 2 is 1.83 bits per heavy atom. The molecular formula is C23H26FN3O2. The van der Waals surface area contributed by atoms with Crippen LogP contribution in [0.5, 0.6) is 0 Å². The normalized spacial score (nSPS) is 17.4. The Kier molecular flexibility index (Phi) is 5.74. The summed E-state index contributed by atoms with van der Waals surface area (Å²) in [5.74, 6) is -0.0636. The van der Waals surface area contributed by atoms with Crippen molar-refractivity contribution in [3.63, 3.8) is 0 Å². The molecular weight excluding hydrogens is 369 g/mol. The van der Waals surface area contributed by atoms with Gasteiger partial charge in [-0.15, -0.1) is 0 Å². The van der Waals surface area contributed by atoms with E-state index in [1.54, 1.807) is 17.9 Å². The molecule has 152 valence electrons. The van der Waals surface area contributed by atoms with Gasteiger partial charge in [-0.2, -0.15) is 0 Å². The fourth-order valence-corrected chi connectivity index (χ4v) is 4.26. The van der Waals surface area contributed by atoms with E-state index in [0.29, 0.717) is 37.4 Å². The van der Waals surface area contributed by atoms with Gasteiger partial charge in [-0.3, -0.25) is 19.4 Å². The van der Waals surface area contributed by atoms with Crippen LogP contribution in [0.3, 0.4) is 0 Å². The molecule has 0 N–H and O–H groups in total. The number of fused-ring (bicyclic) bond motifs is 1. The van der Waals surface area contributed by atoms with Gasteiger partial charge in [-0.1, -0.05) is 18.2 Å². The second kappa shape index (κ2) is 8.43. The minimum absolute atomic E-state index is 0.0334. The summed E-state index contributed by atoms with van der Waals surface area (Å²) in [4.78, 5) is 30.6. The summed E-state index contributed by atoms with van der Waals surface area (Å²) in [6, 6.07) is 12.5. The van der Waals surface area contributed by atoms with Crippen molar-refractivity contribution in [1.82, 2.24) is 9.80 Å². The van der Waals surface area contributed by atoms with Crippen LogP contribution in [0.4, 0.5) is 10.1 Å². The third-order valence-electron chi connectivity index (χ3n) is 5.74. The molecule has 6 heteroatoms. The van der Waals surface area contributed by atoms with Crippen molar-refractivity contribution in [3.05, 3.63) is 65.0 Å². The highest BCUT2D eigenvalue weighted by atomic mass is 19.1. The number of hydrogen-bond donors (Lipinski definition) is 0. The third kappa shape index (κ3) is 4.38. The predicted octanol–water partition coefficient (Wildman–Crippen LogP) is 3.08. The number of rotatable bonds is 5. The first-order valence-corrected chi connectivity index (χ1v) is 10.1. The van der Waals surface area contributed by atoms with Gasteiger partial charge in [-0.25, -0.2) is 4.39 Å². The van der Waals surface area contributed by atoms with E-state index < -0.39 is 0 Å². The van der Waals surface area contributed by atoms with Crippen LogP contribution in [-0.2, 0) is 17.8 Å². The largest absolute Gasteiger partial charge is 0.312 e. The zero-order chi connectivity index (χ0) is 20.4. The summed E-state index contributed by atoms with van der Waals surface area (Å²) < 4.78 is 13.9. The van der Waals surface area contributed by atoms with Crippen LogP contribution < -0.4 is 4.90 Å². The summed E-state index contributed by atoms with van der Waals surface area (Å²) in [6.07, 6.45) is 1.75. The number of carbonyl (C=O) groups excluding carboxylic acids is 2. The Morgan fingerprint density at radius 3 is 2.62 bits per heavy atom. The molecule has 1 saturated heterocycles. The summed E-state index contributed by atoms with van der Waals surface area (Å²) in [7, 11) is 0. The minimum atomic E-state index is -0.182. The fraction of sp³-hybridized carbons (Fsp3) is 0.391. The zero-order valence-corrected chi connectivity index (χ0v) is 16.7. The number of benzene rings is 2. The quantitative estimate of drug-likeness (QED) is 0.730. The maximum Gasteiger partial charge on any atom is 0.223 e. The highest BCUT2D eigenvalue weighted by Crippen LogP contribution is 2.29. The van der Waals surface area contributed by atoms with Gasteiger partial charge >= 0.3 is 0 Å². The van der Waals surface area contributed by atoms with E-state index in [1.807, 2.05) is 30.3 Å². The molecule has 2 aromatic rings. The predicted molar refractivity (Wildman–Crippen MR) is 110 cm³/mol.